The summed E-state index contributed by atoms with van der Waals surface area (Å²) in [6.45, 7) is 9.88. The average Bonchev–Trinajstić information content (AvgIpc) is 3.41. The Balaban J connectivity index is 1.35. The first kappa shape index (κ1) is 51.1. The number of ether oxygens (including phenoxy) is 6. The smallest absolute Gasteiger partial charge is 0.239 e. The third-order valence-corrected chi connectivity index (χ3v) is 14.3. The lowest BCUT2D eigenvalue weighted by atomic mass is 9.83. The minimum atomic E-state index is -1.02. The summed E-state index contributed by atoms with van der Waals surface area (Å²) in [5, 5.41) is 6.72. The third kappa shape index (κ3) is 11.4. The highest BCUT2D eigenvalue weighted by atomic mass is 16.5. The molecule has 0 aliphatic carbocycles. The summed E-state index contributed by atoms with van der Waals surface area (Å²) in [6.07, 6.45) is 3.89. The summed E-state index contributed by atoms with van der Waals surface area (Å²) in [5.74, 6) is 3.08. The third-order valence-electron chi connectivity index (χ3n) is 14.3. The molecule has 4 unspecified atom stereocenters. The van der Waals surface area contributed by atoms with Crippen LogP contribution in [0.1, 0.15) is 67.7 Å². The normalized spacial score (nSPS) is 16.3. The number of carbonyl (C=O) groups excluding carboxylic acids is 2. The van der Waals surface area contributed by atoms with Crippen LogP contribution >= 0.6 is 0 Å². The summed E-state index contributed by atoms with van der Waals surface area (Å²) < 4.78 is 35.5. The molecule has 2 aliphatic rings. The second kappa shape index (κ2) is 23.8. The van der Waals surface area contributed by atoms with E-state index in [0.29, 0.717) is 73.3 Å². The van der Waals surface area contributed by atoms with Crippen molar-refractivity contribution in [1.29, 1.82) is 0 Å². The van der Waals surface area contributed by atoms with E-state index in [0.717, 1.165) is 44.5 Å². The fourth-order valence-corrected chi connectivity index (χ4v) is 10.4. The van der Waals surface area contributed by atoms with Crippen LogP contribution in [0.3, 0.4) is 0 Å². The molecule has 8 rings (SSSR count). The summed E-state index contributed by atoms with van der Waals surface area (Å²) in [4.78, 5) is 36.5. The average molecular weight is 973 g/mol. The van der Waals surface area contributed by atoms with E-state index in [1.165, 1.54) is 11.1 Å². The number of nitrogens with zero attached hydrogens (tertiary/aromatic N) is 2. The Morgan fingerprint density at radius 3 is 1.47 bits per heavy atom. The first-order valence-electron chi connectivity index (χ1n) is 24.7. The van der Waals surface area contributed by atoms with Gasteiger partial charge < -0.3 is 39.1 Å². The van der Waals surface area contributed by atoms with Crippen LogP contribution < -0.4 is 39.1 Å². The molecule has 2 N–H and O–H groups in total. The Labute approximate surface area is 424 Å². The molecule has 12 heteroatoms. The van der Waals surface area contributed by atoms with E-state index in [-0.39, 0.29) is 37.6 Å². The summed E-state index contributed by atoms with van der Waals surface area (Å²) >= 11 is 0. The van der Waals surface area contributed by atoms with Gasteiger partial charge in [0.25, 0.3) is 0 Å². The molecule has 0 spiro atoms. The highest BCUT2D eigenvalue weighted by Gasteiger charge is 2.49. The minimum Gasteiger partial charge on any atom is -0.493 e. The largest absolute Gasteiger partial charge is 0.493 e. The predicted octanol–water partition coefficient (Wildman–Crippen LogP) is 9.27. The summed E-state index contributed by atoms with van der Waals surface area (Å²) in [6, 6.07) is 37.6. The molecule has 2 heterocycles. The van der Waals surface area contributed by atoms with Crippen molar-refractivity contribution in [3.8, 4) is 34.5 Å². The molecule has 376 valence electrons. The molecule has 0 aromatic heterocycles. The quantitative estimate of drug-likeness (QED) is 0.0676. The monoisotopic (exact) mass is 973 g/mol. The van der Waals surface area contributed by atoms with Crippen LogP contribution in [0, 0.1) is 13.8 Å². The Morgan fingerprint density at radius 1 is 0.542 bits per heavy atom. The van der Waals surface area contributed by atoms with Gasteiger partial charge in [0, 0.05) is 38.3 Å². The van der Waals surface area contributed by atoms with Crippen LogP contribution in [0.15, 0.2) is 134 Å². The number of fused-ring (bicyclic) bond motifs is 2. The molecule has 4 atom stereocenters. The van der Waals surface area contributed by atoms with Crippen molar-refractivity contribution in [1.82, 2.24) is 20.4 Å². The van der Waals surface area contributed by atoms with Gasteiger partial charge in [0.2, 0.25) is 11.8 Å². The molecule has 0 fully saturated rings. The van der Waals surface area contributed by atoms with Crippen molar-refractivity contribution in [3.05, 3.63) is 190 Å². The maximum atomic E-state index is 16.0. The lowest BCUT2D eigenvalue weighted by Gasteiger charge is -2.49. The van der Waals surface area contributed by atoms with Crippen molar-refractivity contribution in [2.75, 3.05) is 55.2 Å². The SMILES string of the molecule is C=CCOc1cc2c(cc1OC)CCN(C(C(=O)NCc1ccccc1)C(C(=O)NCc1ccccc1)N1CCc3cc(OC)c(OC)cc3C1Cc1ccc(C)c(C)c1)C2Cc1ccc(OC)c(OC)c1. The van der Waals surface area contributed by atoms with Crippen molar-refractivity contribution in [2.45, 2.75) is 76.8 Å². The zero-order valence-corrected chi connectivity index (χ0v) is 42.7. The molecule has 6 aromatic rings. The van der Waals surface area contributed by atoms with Gasteiger partial charge in [0.15, 0.2) is 34.5 Å². The van der Waals surface area contributed by atoms with Crippen molar-refractivity contribution >= 4 is 11.8 Å². The second-order valence-corrected chi connectivity index (χ2v) is 18.5. The Bertz CT molecular complexity index is 2840. The standard InChI is InChI=1S/C60H68N4O8/c1-9-28-72-56-36-48-46(34-54(56)70-7)25-27-64(50(48)31-44-22-23-51(67-4)52(32-44)68-5)58(60(66)62-38-42-18-14-11-15-19-42)57(59(65)61-37-41-16-12-10-13-17-41)63-26-24-45-33-53(69-6)55(71-8)35-47(45)49(63)30-43-21-20-39(2)40(3)29-43/h9-23,29,32-36,49-50,57-58H,1,24-28,30-31,37-38H2,2-8H3,(H,61,65)(H,62,66). The number of rotatable bonds is 21. The van der Waals surface area contributed by atoms with Gasteiger partial charge in [-0.3, -0.25) is 19.4 Å². The van der Waals surface area contributed by atoms with E-state index < -0.39 is 18.1 Å². The van der Waals surface area contributed by atoms with Gasteiger partial charge in [-0.25, -0.2) is 0 Å². The van der Waals surface area contributed by atoms with E-state index in [4.69, 9.17) is 28.4 Å². The predicted molar refractivity (Wildman–Crippen MR) is 282 cm³/mol. The van der Waals surface area contributed by atoms with Crippen LogP contribution in [-0.2, 0) is 48.4 Å². The van der Waals surface area contributed by atoms with Gasteiger partial charge in [-0.05, 0) is 132 Å². The number of amides is 2. The fourth-order valence-electron chi connectivity index (χ4n) is 10.4. The van der Waals surface area contributed by atoms with Crippen LogP contribution in [0.4, 0.5) is 0 Å². The zero-order chi connectivity index (χ0) is 50.7. The van der Waals surface area contributed by atoms with Crippen LogP contribution in [-0.4, -0.2) is 88.9 Å². The van der Waals surface area contributed by atoms with Gasteiger partial charge >= 0.3 is 0 Å². The topological polar surface area (TPSA) is 120 Å². The summed E-state index contributed by atoms with van der Waals surface area (Å²) in [7, 11) is 8.18. The molecular formula is C60H68N4O8. The maximum Gasteiger partial charge on any atom is 0.239 e. The molecule has 2 aliphatic heterocycles. The van der Waals surface area contributed by atoms with Crippen molar-refractivity contribution < 1.29 is 38.0 Å². The van der Waals surface area contributed by atoms with Crippen LogP contribution in [0.5, 0.6) is 34.5 Å². The molecule has 0 saturated carbocycles. The summed E-state index contributed by atoms with van der Waals surface area (Å²) in [5.41, 5.74) is 10.5. The van der Waals surface area contributed by atoms with Gasteiger partial charge in [0.1, 0.15) is 18.7 Å². The molecule has 0 saturated heterocycles. The highest BCUT2D eigenvalue weighted by molar-refractivity contribution is 5.93. The van der Waals surface area contributed by atoms with Crippen LogP contribution in [0.2, 0.25) is 0 Å². The molecule has 0 radical (unpaired) electrons. The number of hydrogen-bond donors (Lipinski definition) is 2. The molecular weight excluding hydrogens is 905 g/mol. The Hall–Kier alpha value is -7.28. The lowest BCUT2D eigenvalue weighted by Crippen LogP contribution is -2.66. The fraction of sp³-hybridized carbons (Fsp3) is 0.333. The number of carbonyl (C=O) groups is 2. The van der Waals surface area contributed by atoms with E-state index >= 15 is 9.59 Å². The second-order valence-electron chi connectivity index (χ2n) is 18.5. The van der Waals surface area contributed by atoms with Crippen molar-refractivity contribution in [3.63, 3.8) is 0 Å². The van der Waals surface area contributed by atoms with Crippen molar-refractivity contribution in [2.24, 2.45) is 0 Å². The first-order valence-corrected chi connectivity index (χ1v) is 24.7. The van der Waals surface area contributed by atoms with E-state index in [1.807, 2.05) is 91.0 Å². The van der Waals surface area contributed by atoms with Gasteiger partial charge in [-0.15, -0.1) is 0 Å². The number of methoxy groups -OCH3 is 5. The molecule has 6 aromatic carbocycles. The molecule has 0 bridgehead atoms. The maximum absolute atomic E-state index is 16.0. The number of nitrogens with one attached hydrogen (secondary N) is 2. The van der Waals surface area contributed by atoms with Gasteiger partial charge in [-0.2, -0.15) is 0 Å². The molecule has 2 amide bonds. The highest BCUT2D eigenvalue weighted by Crippen LogP contribution is 2.45. The van der Waals surface area contributed by atoms with Gasteiger partial charge in [-0.1, -0.05) is 97.6 Å². The first-order chi connectivity index (χ1) is 35.1. The Kier molecular flexibility index (Phi) is 16.9. The molecule has 72 heavy (non-hydrogen) atoms. The van der Waals surface area contributed by atoms with Crippen LogP contribution in [0.25, 0.3) is 0 Å². The van der Waals surface area contributed by atoms with Gasteiger partial charge in [0.05, 0.1) is 35.5 Å². The van der Waals surface area contributed by atoms with E-state index in [9.17, 15) is 0 Å². The van der Waals surface area contributed by atoms with E-state index in [2.05, 4.69) is 71.2 Å². The Morgan fingerprint density at radius 2 is 0.986 bits per heavy atom. The number of hydrogen-bond acceptors (Lipinski definition) is 10. The number of aryl methyl sites for hydroxylation is 2. The lowest BCUT2D eigenvalue weighted by molar-refractivity contribution is -0.142. The van der Waals surface area contributed by atoms with E-state index in [1.54, 1.807) is 41.6 Å². The zero-order valence-electron chi connectivity index (χ0n) is 42.7. The number of benzene rings is 6. The minimum absolute atomic E-state index is 0.256. The molecule has 12 nitrogen and oxygen atoms in total.